The number of amides is 1. The number of aryl methyl sites for hydroxylation is 2. The smallest absolute Gasteiger partial charge is 0.255 e. The van der Waals surface area contributed by atoms with E-state index in [0.717, 1.165) is 52.9 Å². The van der Waals surface area contributed by atoms with Crippen molar-refractivity contribution in [3.63, 3.8) is 0 Å². The summed E-state index contributed by atoms with van der Waals surface area (Å²) in [6.45, 7) is 11.4. The Morgan fingerprint density at radius 3 is 2.53 bits per heavy atom. The van der Waals surface area contributed by atoms with Crippen molar-refractivity contribution >= 4 is 22.6 Å². The van der Waals surface area contributed by atoms with Gasteiger partial charge >= 0.3 is 0 Å². The lowest BCUT2D eigenvalue weighted by atomic mass is 9.96. The van der Waals surface area contributed by atoms with Crippen molar-refractivity contribution in [3.8, 4) is 17.0 Å². The molecule has 7 nitrogen and oxygen atoms in total. The van der Waals surface area contributed by atoms with Gasteiger partial charge in [-0.1, -0.05) is 40.2 Å². The van der Waals surface area contributed by atoms with Gasteiger partial charge in [0, 0.05) is 27.9 Å². The largest absolute Gasteiger partial charge is 0.497 e. The number of nitrogens with one attached hydrogen (secondary N) is 2. The Labute approximate surface area is 226 Å². The van der Waals surface area contributed by atoms with E-state index in [1.807, 2.05) is 43.3 Å². The Morgan fingerprint density at radius 2 is 1.89 bits per heavy atom. The molecule has 2 aromatic carbocycles. The fourth-order valence-corrected chi connectivity index (χ4v) is 4.14. The molecule has 2 aromatic heterocycles. The van der Waals surface area contributed by atoms with Gasteiger partial charge in [-0.2, -0.15) is 5.10 Å². The highest BCUT2D eigenvalue weighted by Gasteiger charge is 2.14. The highest BCUT2D eigenvalue weighted by Crippen LogP contribution is 2.29. The summed E-state index contributed by atoms with van der Waals surface area (Å²) in [5, 5.41) is 11.5. The van der Waals surface area contributed by atoms with Crippen LogP contribution in [0, 0.1) is 6.92 Å². The molecule has 38 heavy (non-hydrogen) atoms. The number of pyridine rings is 1. The van der Waals surface area contributed by atoms with Gasteiger partial charge in [-0.05, 0) is 92.2 Å². The number of ether oxygens (including phenoxy) is 1. The van der Waals surface area contributed by atoms with Crippen LogP contribution in [0.5, 0.6) is 5.75 Å². The maximum Gasteiger partial charge on any atom is 0.255 e. The third-order valence-corrected chi connectivity index (χ3v) is 6.79. The number of H-pyrrole nitrogens is 1. The second-order valence-corrected chi connectivity index (χ2v) is 9.55. The second kappa shape index (κ2) is 13.7. The molecule has 0 saturated heterocycles. The normalized spacial score (nSPS) is 11.6. The highest BCUT2D eigenvalue weighted by atomic mass is 16.5. The molecule has 0 aliphatic rings. The van der Waals surface area contributed by atoms with Crippen molar-refractivity contribution in [1.82, 2.24) is 15.2 Å². The number of carbonyl (C=O) groups excluding carboxylic acids is 1. The zero-order valence-corrected chi connectivity index (χ0v) is 23.5. The van der Waals surface area contributed by atoms with Crippen LogP contribution in [0.3, 0.4) is 0 Å². The molecule has 202 valence electrons. The number of aromatic nitrogens is 3. The number of methoxy groups -OCH3 is 1. The predicted molar refractivity (Wildman–Crippen MR) is 157 cm³/mol. The number of nitrogens with zero attached hydrogens (tertiary/aromatic N) is 2. The van der Waals surface area contributed by atoms with E-state index in [1.54, 1.807) is 13.2 Å². The molecular weight excluding hydrogens is 474 g/mol. The van der Waals surface area contributed by atoms with Gasteiger partial charge in [0.2, 0.25) is 0 Å². The van der Waals surface area contributed by atoms with Gasteiger partial charge in [0.05, 0.1) is 12.8 Å². The maximum absolute atomic E-state index is 13.1. The average Bonchev–Trinajstić information content (AvgIpc) is 3.36. The first-order valence-electron chi connectivity index (χ1n) is 13.5. The van der Waals surface area contributed by atoms with Gasteiger partial charge in [0.15, 0.2) is 5.65 Å². The monoisotopic (exact) mass is 515 g/mol. The maximum atomic E-state index is 13.1. The first kappa shape index (κ1) is 28.9. The summed E-state index contributed by atoms with van der Waals surface area (Å²) >= 11 is 0. The molecule has 0 aliphatic heterocycles. The van der Waals surface area contributed by atoms with E-state index in [9.17, 15) is 4.79 Å². The van der Waals surface area contributed by atoms with Gasteiger partial charge in [0.25, 0.3) is 5.91 Å². The number of carbonyl (C=O) groups is 1. The quantitative estimate of drug-likeness (QED) is 0.222. The van der Waals surface area contributed by atoms with Crippen molar-refractivity contribution in [2.24, 2.45) is 5.73 Å². The summed E-state index contributed by atoms with van der Waals surface area (Å²) in [4.78, 5) is 17.8. The third-order valence-electron chi connectivity index (χ3n) is 6.79. The van der Waals surface area contributed by atoms with Crippen molar-refractivity contribution in [2.75, 3.05) is 19.0 Å². The number of rotatable bonds is 9. The molecule has 1 amide bonds. The SMILES string of the molecule is CCCCN.CCc1[nH]nc2nc(-c3cc(NC(=O)c4cc(OC)cc(C(C)CC)c4)ccc3C)ccc12. The standard InChI is InChI=1S/C27H30N4O2.C4H11N/c1-6-16(3)18-12-19(14-21(13-18)33-5)27(32)28-20-9-8-17(4)23(15-20)25-11-10-22-24(7-2)30-31-26(22)29-25;1-2-3-4-5/h8-16H,6-7H2,1-5H3,(H,28,32)(H,29,30,31);2-5H2,1H3. The van der Waals surface area contributed by atoms with Gasteiger partial charge in [0.1, 0.15) is 5.75 Å². The van der Waals surface area contributed by atoms with Crippen LogP contribution in [0.25, 0.3) is 22.3 Å². The molecule has 1 atom stereocenters. The molecule has 4 N–H and O–H groups in total. The first-order valence-corrected chi connectivity index (χ1v) is 13.5. The van der Waals surface area contributed by atoms with Crippen LogP contribution >= 0.6 is 0 Å². The number of hydrogen-bond donors (Lipinski definition) is 3. The third kappa shape index (κ3) is 6.98. The molecule has 4 rings (SSSR count). The molecule has 0 fully saturated rings. The number of anilines is 1. The summed E-state index contributed by atoms with van der Waals surface area (Å²) in [5.41, 5.74) is 12.2. The Hall–Kier alpha value is -3.71. The van der Waals surface area contributed by atoms with Crippen molar-refractivity contribution in [2.45, 2.75) is 66.2 Å². The zero-order valence-electron chi connectivity index (χ0n) is 23.5. The molecule has 0 spiro atoms. The summed E-state index contributed by atoms with van der Waals surface area (Å²) < 4.78 is 5.43. The highest BCUT2D eigenvalue weighted by molar-refractivity contribution is 6.05. The van der Waals surface area contributed by atoms with Gasteiger partial charge in [-0.15, -0.1) is 0 Å². The van der Waals surface area contributed by atoms with E-state index in [1.165, 1.54) is 12.8 Å². The minimum Gasteiger partial charge on any atom is -0.497 e. The van der Waals surface area contributed by atoms with Crippen LogP contribution < -0.4 is 15.8 Å². The number of unbranched alkanes of at least 4 members (excludes halogenated alkanes) is 1. The summed E-state index contributed by atoms with van der Waals surface area (Å²) in [6.07, 6.45) is 4.25. The van der Waals surface area contributed by atoms with E-state index in [-0.39, 0.29) is 5.91 Å². The van der Waals surface area contributed by atoms with E-state index < -0.39 is 0 Å². The summed E-state index contributed by atoms with van der Waals surface area (Å²) in [7, 11) is 1.62. The molecule has 4 aromatic rings. The number of hydrogen-bond acceptors (Lipinski definition) is 5. The molecule has 0 radical (unpaired) electrons. The fourth-order valence-electron chi connectivity index (χ4n) is 4.14. The van der Waals surface area contributed by atoms with E-state index in [0.29, 0.717) is 28.6 Å². The molecule has 0 aliphatic carbocycles. The molecule has 0 bridgehead atoms. The van der Waals surface area contributed by atoms with Crippen molar-refractivity contribution in [3.05, 3.63) is 70.9 Å². The fraction of sp³-hybridized carbons (Fsp3) is 0.387. The number of benzene rings is 2. The molecule has 1 unspecified atom stereocenters. The van der Waals surface area contributed by atoms with Crippen molar-refractivity contribution < 1.29 is 9.53 Å². The molecular formula is C31H41N5O2. The van der Waals surface area contributed by atoms with Crippen LogP contribution in [-0.2, 0) is 6.42 Å². The van der Waals surface area contributed by atoms with Gasteiger partial charge < -0.3 is 15.8 Å². The Kier molecular flexibility index (Phi) is 10.4. The summed E-state index contributed by atoms with van der Waals surface area (Å²) in [5.74, 6) is 0.857. The molecule has 2 heterocycles. The van der Waals surface area contributed by atoms with Crippen LogP contribution in [0.2, 0.25) is 0 Å². The summed E-state index contributed by atoms with van der Waals surface area (Å²) in [6, 6.07) is 15.6. The predicted octanol–water partition coefficient (Wildman–Crippen LogP) is 7.02. The van der Waals surface area contributed by atoms with Crippen LogP contribution in [0.1, 0.15) is 80.1 Å². The lowest BCUT2D eigenvalue weighted by Gasteiger charge is -2.14. The topological polar surface area (TPSA) is 106 Å². The van der Waals surface area contributed by atoms with Crippen LogP contribution in [0.4, 0.5) is 5.69 Å². The number of nitrogens with two attached hydrogens (primary N) is 1. The minimum absolute atomic E-state index is 0.170. The Balaban J connectivity index is 0.000000732. The van der Waals surface area contributed by atoms with Crippen LogP contribution in [0.15, 0.2) is 48.5 Å². The van der Waals surface area contributed by atoms with E-state index in [2.05, 4.69) is 49.3 Å². The minimum atomic E-state index is -0.170. The second-order valence-electron chi connectivity index (χ2n) is 9.55. The average molecular weight is 516 g/mol. The lowest BCUT2D eigenvalue weighted by molar-refractivity contribution is 0.102. The van der Waals surface area contributed by atoms with Gasteiger partial charge in [-0.25, -0.2) is 4.98 Å². The van der Waals surface area contributed by atoms with E-state index in [4.69, 9.17) is 15.5 Å². The Morgan fingerprint density at radius 1 is 1.11 bits per heavy atom. The van der Waals surface area contributed by atoms with Gasteiger partial charge in [-0.3, -0.25) is 9.89 Å². The van der Waals surface area contributed by atoms with Crippen LogP contribution in [-0.4, -0.2) is 34.7 Å². The number of fused-ring (bicyclic) bond motifs is 1. The first-order chi connectivity index (χ1) is 18.3. The number of aromatic amines is 1. The van der Waals surface area contributed by atoms with Crippen molar-refractivity contribution in [1.29, 1.82) is 0 Å². The lowest BCUT2D eigenvalue weighted by Crippen LogP contribution is -2.13. The molecule has 7 heteroatoms. The Bertz CT molecular complexity index is 1360. The zero-order chi connectivity index (χ0) is 27.7. The molecule has 0 saturated carbocycles. The van der Waals surface area contributed by atoms with E-state index >= 15 is 0 Å².